The number of carbonyl (C=O) groups is 2. The van der Waals surface area contributed by atoms with Gasteiger partial charge in [0.05, 0.1) is 23.7 Å². The number of rotatable bonds is 8. The Kier molecular flexibility index (Phi) is 9.16. The Hall–Kier alpha value is -2.36. The molecule has 0 N–H and O–H groups in total. The number of hydrogen-bond donors (Lipinski definition) is 0. The Morgan fingerprint density at radius 2 is 1.91 bits per heavy atom. The minimum Gasteiger partial charge on any atom is -0.492 e. The number of benzene rings is 1. The summed E-state index contributed by atoms with van der Waals surface area (Å²) < 4.78 is 16.3. The van der Waals surface area contributed by atoms with Crippen LogP contribution in [0.15, 0.2) is 23.6 Å². The van der Waals surface area contributed by atoms with Gasteiger partial charge in [0.25, 0.3) is 0 Å². The summed E-state index contributed by atoms with van der Waals surface area (Å²) in [5.74, 6) is 0.393. The minimum absolute atomic E-state index is 0.148. The number of nitrogens with zero attached hydrogens (tertiary/aromatic N) is 3. The SMILES string of the molecule is CCOC(=O)Cc1csc(-c2ccc(OCCN3CCN(C(=O)OC(C)(C)C)CC3)cc2Cl)n1. The topological polar surface area (TPSA) is 81.2 Å². The highest BCUT2D eigenvalue weighted by molar-refractivity contribution is 7.13. The van der Waals surface area contributed by atoms with E-state index in [9.17, 15) is 9.59 Å². The molecular weight excluding hydrogens is 478 g/mol. The molecule has 0 spiro atoms. The first-order valence-electron chi connectivity index (χ1n) is 11.4. The molecule has 0 aliphatic carbocycles. The number of hydrogen-bond acceptors (Lipinski definition) is 8. The van der Waals surface area contributed by atoms with Crippen molar-refractivity contribution in [3.63, 3.8) is 0 Å². The number of piperazine rings is 1. The van der Waals surface area contributed by atoms with Gasteiger partial charge < -0.3 is 19.1 Å². The summed E-state index contributed by atoms with van der Waals surface area (Å²) in [5.41, 5.74) is 0.984. The van der Waals surface area contributed by atoms with Crippen molar-refractivity contribution < 1.29 is 23.8 Å². The molecule has 2 aromatic rings. The van der Waals surface area contributed by atoms with Crippen molar-refractivity contribution in [3.05, 3.63) is 34.3 Å². The Morgan fingerprint density at radius 1 is 1.18 bits per heavy atom. The van der Waals surface area contributed by atoms with E-state index in [2.05, 4.69) is 9.88 Å². The molecule has 1 aliphatic rings. The van der Waals surface area contributed by atoms with Crippen LogP contribution < -0.4 is 4.74 Å². The maximum atomic E-state index is 12.2. The average Bonchev–Trinajstić information content (AvgIpc) is 3.21. The molecule has 1 aromatic heterocycles. The van der Waals surface area contributed by atoms with E-state index in [-0.39, 0.29) is 18.5 Å². The maximum absolute atomic E-state index is 12.2. The molecule has 0 bridgehead atoms. The van der Waals surface area contributed by atoms with Crippen molar-refractivity contribution in [2.75, 3.05) is 45.9 Å². The van der Waals surface area contributed by atoms with E-state index in [1.54, 1.807) is 17.9 Å². The number of esters is 1. The maximum Gasteiger partial charge on any atom is 0.410 e. The molecule has 2 heterocycles. The first-order valence-corrected chi connectivity index (χ1v) is 12.6. The van der Waals surface area contributed by atoms with Crippen LogP contribution in [0, 0.1) is 0 Å². The highest BCUT2D eigenvalue weighted by Gasteiger charge is 2.25. The second-order valence-corrected chi connectivity index (χ2v) is 10.2. The van der Waals surface area contributed by atoms with Crippen LogP contribution in [0.1, 0.15) is 33.4 Å². The zero-order valence-electron chi connectivity index (χ0n) is 20.1. The molecule has 0 radical (unpaired) electrons. The predicted molar refractivity (Wildman–Crippen MR) is 133 cm³/mol. The molecular formula is C24H32ClN3O5S. The van der Waals surface area contributed by atoms with Gasteiger partial charge in [0.1, 0.15) is 23.0 Å². The number of carbonyl (C=O) groups excluding carboxylic acids is 2. The summed E-state index contributed by atoms with van der Waals surface area (Å²) in [7, 11) is 0. The summed E-state index contributed by atoms with van der Waals surface area (Å²) >= 11 is 7.92. The molecule has 3 rings (SSSR count). The minimum atomic E-state index is -0.483. The Morgan fingerprint density at radius 3 is 2.56 bits per heavy atom. The van der Waals surface area contributed by atoms with Crippen molar-refractivity contribution in [3.8, 4) is 16.3 Å². The van der Waals surface area contributed by atoms with Gasteiger partial charge in [-0.2, -0.15) is 0 Å². The second-order valence-electron chi connectivity index (χ2n) is 8.92. The fourth-order valence-corrected chi connectivity index (χ4v) is 4.58. The van der Waals surface area contributed by atoms with Crippen LogP contribution in [0.3, 0.4) is 0 Å². The lowest BCUT2D eigenvalue weighted by Crippen LogP contribution is -2.50. The molecule has 1 aromatic carbocycles. The van der Waals surface area contributed by atoms with Gasteiger partial charge in [-0.1, -0.05) is 11.6 Å². The van der Waals surface area contributed by atoms with Crippen molar-refractivity contribution >= 4 is 35.0 Å². The number of halogens is 1. The summed E-state index contributed by atoms with van der Waals surface area (Å²) in [6, 6.07) is 5.53. The van der Waals surface area contributed by atoms with E-state index < -0.39 is 5.60 Å². The lowest BCUT2D eigenvalue weighted by molar-refractivity contribution is -0.142. The molecule has 1 saturated heterocycles. The third-order valence-corrected chi connectivity index (χ3v) is 6.29. The normalized spacial score (nSPS) is 14.7. The molecule has 8 nitrogen and oxygen atoms in total. The average molecular weight is 510 g/mol. The predicted octanol–water partition coefficient (Wildman–Crippen LogP) is 4.50. The van der Waals surface area contributed by atoms with Crippen molar-refractivity contribution in [2.45, 2.75) is 39.7 Å². The molecule has 0 atom stereocenters. The van der Waals surface area contributed by atoms with E-state index >= 15 is 0 Å². The third kappa shape index (κ3) is 7.85. The zero-order valence-corrected chi connectivity index (χ0v) is 21.7. The van der Waals surface area contributed by atoms with Gasteiger partial charge in [0, 0.05) is 43.7 Å². The molecule has 34 heavy (non-hydrogen) atoms. The third-order valence-electron chi connectivity index (χ3n) is 5.05. The van der Waals surface area contributed by atoms with Crippen LogP contribution in [-0.2, 0) is 20.7 Å². The molecule has 0 saturated carbocycles. The van der Waals surface area contributed by atoms with Crippen molar-refractivity contribution in [1.82, 2.24) is 14.8 Å². The molecule has 10 heteroatoms. The van der Waals surface area contributed by atoms with Crippen molar-refractivity contribution in [2.24, 2.45) is 0 Å². The van der Waals surface area contributed by atoms with E-state index in [1.807, 2.05) is 38.3 Å². The molecule has 1 fully saturated rings. The summed E-state index contributed by atoms with van der Waals surface area (Å²) in [6.07, 6.45) is -0.110. The van der Waals surface area contributed by atoms with E-state index in [1.165, 1.54) is 11.3 Å². The second kappa shape index (κ2) is 11.9. The van der Waals surface area contributed by atoms with Gasteiger partial charge in [0.2, 0.25) is 0 Å². The van der Waals surface area contributed by atoms with Crippen LogP contribution in [0.4, 0.5) is 4.79 Å². The van der Waals surface area contributed by atoms with Crippen LogP contribution >= 0.6 is 22.9 Å². The van der Waals surface area contributed by atoms with Crippen molar-refractivity contribution in [1.29, 1.82) is 0 Å². The van der Waals surface area contributed by atoms with Gasteiger partial charge in [-0.25, -0.2) is 9.78 Å². The van der Waals surface area contributed by atoms with Gasteiger partial charge in [-0.15, -0.1) is 11.3 Å². The smallest absolute Gasteiger partial charge is 0.410 e. The van der Waals surface area contributed by atoms with Gasteiger partial charge in [-0.05, 0) is 45.9 Å². The van der Waals surface area contributed by atoms with Gasteiger partial charge in [-0.3, -0.25) is 9.69 Å². The fraction of sp³-hybridized carbons (Fsp3) is 0.542. The Bertz CT molecular complexity index is 983. The zero-order chi connectivity index (χ0) is 24.7. The van der Waals surface area contributed by atoms with E-state index in [4.69, 9.17) is 25.8 Å². The number of amides is 1. The standard InChI is InChI=1S/C24H32ClN3O5S/c1-5-31-21(29)14-17-16-34-22(26-17)19-7-6-18(15-20(19)25)32-13-12-27-8-10-28(11-9-27)23(30)33-24(2,3)4/h6-7,15-16H,5,8-14H2,1-4H3. The summed E-state index contributed by atoms with van der Waals surface area (Å²) in [5, 5.41) is 3.13. The molecule has 1 amide bonds. The summed E-state index contributed by atoms with van der Waals surface area (Å²) in [4.78, 5) is 32.3. The lowest BCUT2D eigenvalue weighted by atomic mass is 10.2. The largest absolute Gasteiger partial charge is 0.492 e. The van der Waals surface area contributed by atoms with Crippen LogP contribution in [0.25, 0.3) is 10.6 Å². The first-order chi connectivity index (χ1) is 16.1. The van der Waals surface area contributed by atoms with E-state index in [0.717, 1.165) is 30.2 Å². The van der Waals surface area contributed by atoms with Gasteiger partial charge >= 0.3 is 12.1 Å². The van der Waals surface area contributed by atoms with Crippen LogP contribution in [-0.4, -0.2) is 78.4 Å². The molecule has 186 valence electrons. The number of ether oxygens (including phenoxy) is 3. The van der Waals surface area contributed by atoms with Crippen LogP contribution in [0.2, 0.25) is 5.02 Å². The van der Waals surface area contributed by atoms with Crippen LogP contribution in [0.5, 0.6) is 5.75 Å². The highest BCUT2D eigenvalue weighted by atomic mass is 35.5. The first kappa shape index (κ1) is 26.2. The monoisotopic (exact) mass is 509 g/mol. The Balaban J connectivity index is 1.45. The number of aromatic nitrogens is 1. The Labute approximate surface area is 209 Å². The molecule has 0 unspecified atom stereocenters. The quantitative estimate of drug-likeness (QED) is 0.484. The lowest BCUT2D eigenvalue weighted by Gasteiger charge is -2.35. The van der Waals surface area contributed by atoms with Gasteiger partial charge in [0.15, 0.2) is 0 Å². The summed E-state index contributed by atoms with van der Waals surface area (Å²) in [6.45, 7) is 11.9. The number of thiazole rings is 1. The fourth-order valence-electron chi connectivity index (χ4n) is 3.40. The molecule has 1 aliphatic heterocycles. The highest BCUT2D eigenvalue weighted by Crippen LogP contribution is 2.33. The van der Waals surface area contributed by atoms with E-state index in [0.29, 0.717) is 42.8 Å².